The van der Waals surface area contributed by atoms with E-state index in [1.165, 1.54) is 5.56 Å². The van der Waals surface area contributed by atoms with Crippen molar-refractivity contribution < 1.29 is 19.4 Å². The molecule has 1 aromatic rings. The zero-order valence-corrected chi connectivity index (χ0v) is 12.7. The van der Waals surface area contributed by atoms with Gasteiger partial charge in [0.2, 0.25) is 0 Å². The minimum absolute atomic E-state index is 0.0264. The number of esters is 1. The van der Waals surface area contributed by atoms with E-state index in [0.29, 0.717) is 12.2 Å². The number of hydrogen-bond donors (Lipinski definition) is 1. The highest BCUT2D eigenvalue weighted by atomic mass is 16.6. The van der Waals surface area contributed by atoms with E-state index >= 15 is 0 Å². The van der Waals surface area contributed by atoms with Crippen LogP contribution >= 0.6 is 0 Å². The van der Waals surface area contributed by atoms with Gasteiger partial charge in [0.1, 0.15) is 6.61 Å². The number of carbonyl (C=O) groups is 1. The highest BCUT2D eigenvalue weighted by molar-refractivity contribution is 5.89. The largest absolute Gasteiger partial charge is 0.460 e. The van der Waals surface area contributed by atoms with E-state index in [4.69, 9.17) is 14.6 Å². The number of aliphatic hydroxyl groups is 1. The Bertz CT molecular complexity index is 446. The fourth-order valence-corrected chi connectivity index (χ4v) is 2.08. The molecule has 0 fully saturated rings. The summed E-state index contributed by atoms with van der Waals surface area (Å²) in [5, 5.41) is 8.54. The monoisotopic (exact) mass is 280 g/mol. The summed E-state index contributed by atoms with van der Waals surface area (Å²) < 4.78 is 10.1. The van der Waals surface area contributed by atoms with Gasteiger partial charge >= 0.3 is 5.97 Å². The average molecular weight is 280 g/mol. The molecular weight excluding hydrogens is 256 g/mol. The molecule has 0 saturated heterocycles. The van der Waals surface area contributed by atoms with E-state index in [0.717, 1.165) is 5.56 Å². The van der Waals surface area contributed by atoms with Gasteiger partial charge in [-0.15, -0.1) is 0 Å². The first-order valence-electron chi connectivity index (χ1n) is 6.83. The van der Waals surface area contributed by atoms with Crippen molar-refractivity contribution in [2.24, 2.45) is 0 Å². The van der Waals surface area contributed by atoms with Gasteiger partial charge in [-0.25, -0.2) is 4.79 Å². The third kappa shape index (κ3) is 4.94. The second kappa shape index (κ2) is 7.41. The topological polar surface area (TPSA) is 55.8 Å². The standard InChI is InChI=1S/C16H24O4/c1-12-11-13(5-6-14(12)16(2,3)4)15(18)20-10-9-19-8-7-17/h5-6,11,17H,7-10H2,1-4H3. The van der Waals surface area contributed by atoms with E-state index in [1.54, 1.807) is 6.07 Å². The van der Waals surface area contributed by atoms with Crippen LogP contribution in [0.15, 0.2) is 18.2 Å². The van der Waals surface area contributed by atoms with Crippen molar-refractivity contribution in [3.8, 4) is 0 Å². The quantitative estimate of drug-likeness (QED) is 0.642. The number of rotatable bonds is 6. The molecule has 1 rings (SSSR count). The van der Waals surface area contributed by atoms with Gasteiger partial charge in [-0.1, -0.05) is 26.8 Å². The average Bonchev–Trinajstić information content (AvgIpc) is 2.36. The Labute approximate surface area is 120 Å². The molecule has 0 radical (unpaired) electrons. The molecule has 0 bridgehead atoms. The van der Waals surface area contributed by atoms with Crippen molar-refractivity contribution in [1.82, 2.24) is 0 Å². The summed E-state index contributed by atoms with van der Waals surface area (Å²) in [6, 6.07) is 5.64. The summed E-state index contributed by atoms with van der Waals surface area (Å²) in [4.78, 5) is 11.9. The first kappa shape index (κ1) is 16.7. The zero-order chi connectivity index (χ0) is 15.2. The van der Waals surface area contributed by atoms with E-state index in [2.05, 4.69) is 20.8 Å². The zero-order valence-electron chi connectivity index (χ0n) is 12.7. The highest BCUT2D eigenvalue weighted by Gasteiger charge is 2.17. The maximum Gasteiger partial charge on any atom is 0.338 e. The van der Waals surface area contributed by atoms with Gasteiger partial charge in [0.15, 0.2) is 0 Å². The molecule has 0 amide bonds. The minimum atomic E-state index is -0.346. The van der Waals surface area contributed by atoms with E-state index in [-0.39, 0.29) is 31.2 Å². The summed E-state index contributed by atoms with van der Waals surface area (Å²) in [7, 11) is 0. The highest BCUT2D eigenvalue weighted by Crippen LogP contribution is 2.26. The SMILES string of the molecule is Cc1cc(C(=O)OCCOCCO)ccc1C(C)(C)C. The van der Waals surface area contributed by atoms with Crippen molar-refractivity contribution in [3.63, 3.8) is 0 Å². The lowest BCUT2D eigenvalue weighted by atomic mass is 9.83. The molecule has 112 valence electrons. The van der Waals surface area contributed by atoms with Gasteiger partial charge in [-0.05, 0) is 35.6 Å². The Morgan fingerprint density at radius 2 is 1.90 bits per heavy atom. The van der Waals surface area contributed by atoms with E-state index < -0.39 is 0 Å². The maximum atomic E-state index is 11.9. The molecule has 0 atom stereocenters. The molecule has 4 nitrogen and oxygen atoms in total. The van der Waals surface area contributed by atoms with Crippen LogP contribution in [0.25, 0.3) is 0 Å². The lowest BCUT2D eigenvalue weighted by Gasteiger charge is -2.22. The smallest absolute Gasteiger partial charge is 0.338 e. The molecule has 0 saturated carbocycles. The lowest BCUT2D eigenvalue weighted by Crippen LogP contribution is -2.15. The van der Waals surface area contributed by atoms with Crippen LogP contribution in [-0.4, -0.2) is 37.5 Å². The van der Waals surface area contributed by atoms with Crippen molar-refractivity contribution in [2.45, 2.75) is 33.1 Å². The predicted molar refractivity (Wildman–Crippen MR) is 78.1 cm³/mol. The number of aliphatic hydroxyl groups excluding tert-OH is 1. The van der Waals surface area contributed by atoms with Crippen molar-refractivity contribution >= 4 is 5.97 Å². The van der Waals surface area contributed by atoms with Gasteiger partial charge in [0.05, 0.1) is 25.4 Å². The van der Waals surface area contributed by atoms with Crippen LogP contribution < -0.4 is 0 Å². The molecule has 1 N–H and O–H groups in total. The van der Waals surface area contributed by atoms with Crippen molar-refractivity contribution in [1.29, 1.82) is 0 Å². The Morgan fingerprint density at radius 1 is 1.20 bits per heavy atom. The molecular formula is C16H24O4. The maximum absolute atomic E-state index is 11.9. The van der Waals surface area contributed by atoms with Crippen molar-refractivity contribution in [2.75, 3.05) is 26.4 Å². The van der Waals surface area contributed by atoms with Crippen LogP contribution in [0.5, 0.6) is 0 Å². The summed E-state index contributed by atoms with van der Waals surface area (Å²) in [5.74, 6) is -0.346. The molecule has 0 spiro atoms. The molecule has 20 heavy (non-hydrogen) atoms. The first-order valence-corrected chi connectivity index (χ1v) is 6.83. The molecule has 0 aliphatic heterocycles. The van der Waals surface area contributed by atoms with Gasteiger partial charge in [0, 0.05) is 0 Å². The Morgan fingerprint density at radius 3 is 2.45 bits per heavy atom. The normalized spacial score (nSPS) is 11.4. The van der Waals surface area contributed by atoms with Gasteiger partial charge in [-0.3, -0.25) is 0 Å². The number of hydrogen-bond acceptors (Lipinski definition) is 4. The molecule has 4 heteroatoms. The van der Waals surface area contributed by atoms with Crippen LogP contribution in [0.2, 0.25) is 0 Å². The lowest BCUT2D eigenvalue weighted by molar-refractivity contribution is 0.0258. The molecule has 1 aromatic carbocycles. The second-order valence-corrected chi connectivity index (χ2v) is 5.75. The molecule has 0 aromatic heterocycles. The van der Waals surface area contributed by atoms with Crippen LogP contribution in [0.1, 0.15) is 42.3 Å². The fourth-order valence-electron chi connectivity index (χ4n) is 2.08. The first-order chi connectivity index (χ1) is 9.36. The van der Waals surface area contributed by atoms with Crippen LogP contribution in [-0.2, 0) is 14.9 Å². The summed E-state index contributed by atoms with van der Waals surface area (Å²) >= 11 is 0. The number of ether oxygens (including phenoxy) is 2. The predicted octanol–water partition coefficient (Wildman–Crippen LogP) is 2.46. The number of carbonyl (C=O) groups excluding carboxylic acids is 1. The summed E-state index contributed by atoms with van der Waals surface area (Å²) in [5.41, 5.74) is 2.92. The van der Waals surface area contributed by atoms with Gasteiger partial charge in [-0.2, -0.15) is 0 Å². The summed E-state index contributed by atoms with van der Waals surface area (Å²) in [6.07, 6.45) is 0. The Kier molecular flexibility index (Phi) is 6.17. The summed E-state index contributed by atoms with van der Waals surface area (Å²) in [6.45, 7) is 9.16. The molecule has 0 aliphatic rings. The van der Waals surface area contributed by atoms with Crippen molar-refractivity contribution in [3.05, 3.63) is 34.9 Å². The molecule has 0 unspecified atom stereocenters. The van der Waals surface area contributed by atoms with Crippen LogP contribution in [0, 0.1) is 6.92 Å². The number of aryl methyl sites for hydroxylation is 1. The van der Waals surface area contributed by atoms with Crippen LogP contribution in [0.3, 0.4) is 0 Å². The van der Waals surface area contributed by atoms with Crippen LogP contribution in [0.4, 0.5) is 0 Å². The molecule has 0 aliphatic carbocycles. The fraction of sp³-hybridized carbons (Fsp3) is 0.562. The van der Waals surface area contributed by atoms with E-state index in [1.807, 2.05) is 19.1 Å². The Hall–Kier alpha value is -1.39. The van der Waals surface area contributed by atoms with Gasteiger partial charge < -0.3 is 14.6 Å². The second-order valence-electron chi connectivity index (χ2n) is 5.75. The van der Waals surface area contributed by atoms with Gasteiger partial charge in [0.25, 0.3) is 0 Å². The van der Waals surface area contributed by atoms with E-state index in [9.17, 15) is 4.79 Å². The number of benzene rings is 1. The third-order valence-electron chi connectivity index (χ3n) is 2.97. The molecule has 0 heterocycles. The third-order valence-corrected chi connectivity index (χ3v) is 2.97. The minimum Gasteiger partial charge on any atom is -0.460 e. The Balaban J connectivity index is 2.59.